The zero-order valence-corrected chi connectivity index (χ0v) is 37.1. The van der Waals surface area contributed by atoms with Crippen molar-refractivity contribution in [3.05, 3.63) is 229 Å². The van der Waals surface area contributed by atoms with Gasteiger partial charge in [0.15, 0.2) is 5.58 Å². The molecule has 3 aromatic heterocycles. The summed E-state index contributed by atoms with van der Waals surface area (Å²) in [5, 5.41) is 12.6. The molecule has 0 saturated carbocycles. The molecular formula is C63H40N4O. The molecule has 0 saturated heterocycles. The highest BCUT2D eigenvalue weighted by Gasteiger charge is 2.46. The van der Waals surface area contributed by atoms with Crippen LogP contribution in [0.5, 0.6) is 0 Å². The molecule has 0 radical (unpaired) electrons. The number of fused-ring (bicyclic) bond motifs is 18. The highest BCUT2D eigenvalue weighted by molar-refractivity contribution is 6.35. The molecule has 15 rings (SSSR count). The molecule has 0 bridgehead atoms. The molecule has 13 aromatic rings. The first-order chi connectivity index (χ1) is 33.6. The van der Waals surface area contributed by atoms with Crippen LogP contribution >= 0.6 is 0 Å². The van der Waals surface area contributed by atoms with Crippen LogP contribution in [0, 0.1) is 0 Å². The number of benzene rings is 10. The van der Waals surface area contributed by atoms with Crippen LogP contribution in [0.2, 0.25) is 0 Å². The molecule has 4 heterocycles. The number of anilines is 2. The molecule has 1 aliphatic carbocycles. The molecule has 68 heavy (non-hydrogen) atoms. The van der Waals surface area contributed by atoms with Gasteiger partial charge in [-0.2, -0.15) is 0 Å². The third-order valence-electron chi connectivity index (χ3n) is 14.9. The SMILES string of the molecule is CC12CC=C(c3ccc4oc5c(c4c3)c3ccccc3c3c4ccccc4n(-c4nc(-c6ccccc6)c6ccc7ccccc7c6n4)c53)C=C1N(c1ccccc1)c1ccc3ccccc3c12. The van der Waals surface area contributed by atoms with Gasteiger partial charge in [0, 0.05) is 54.7 Å². The van der Waals surface area contributed by atoms with Crippen LogP contribution in [-0.4, -0.2) is 14.5 Å². The summed E-state index contributed by atoms with van der Waals surface area (Å²) in [5.74, 6) is 0.604. The lowest BCUT2D eigenvalue weighted by Crippen LogP contribution is -2.27. The van der Waals surface area contributed by atoms with Gasteiger partial charge in [0.1, 0.15) is 11.1 Å². The molecule has 0 spiro atoms. The predicted molar refractivity (Wildman–Crippen MR) is 282 cm³/mol. The summed E-state index contributed by atoms with van der Waals surface area (Å²) in [5.41, 5.74) is 13.7. The van der Waals surface area contributed by atoms with Crippen LogP contribution < -0.4 is 4.90 Å². The van der Waals surface area contributed by atoms with Crippen molar-refractivity contribution in [3.63, 3.8) is 0 Å². The van der Waals surface area contributed by atoms with E-state index >= 15 is 0 Å². The van der Waals surface area contributed by atoms with E-state index in [9.17, 15) is 0 Å². The molecular weight excluding hydrogens is 829 g/mol. The first kappa shape index (κ1) is 37.4. The lowest BCUT2D eigenvalue weighted by molar-refractivity contribution is 0.583. The van der Waals surface area contributed by atoms with Crippen LogP contribution in [0.15, 0.2) is 222 Å². The quantitative estimate of drug-likeness (QED) is 0.165. The van der Waals surface area contributed by atoms with E-state index in [1.54, 1.807) is 0 Å². The number of allylic oxidation sites excluding steroid dienone is 4. The van der Waals surface area contributed by atoms with Crippen molar-refractivity contribution < 1.29 is 4.42 Å². The summed E-state index contributed by atoms with van der Waals surface area (Å²) >= 11 is 0. The lowest BCUT2D eigenvalue weighted by Gasteiger charge is -2.33. The first-order valence-corrected chi connectivity index (χ1v) is 23.5. The van der Waals surface area contributed by atoms with Crippen molar-refractivity contribution in [1.29, 1.82) is 0 Å². The van der Waals surface area contributed by atoms with E-state index in [1.165, 1.54) is 39.0 Å². The summed E-state index contributed by atoms with van der Waals surface area (Å²) in [6.45, 7) is 2.42. The van der Waals surface area contributed by atoms with E-state index in [0.717, 1.165) is 99.4 Å². The fraction of sp³-hybridized carbons (Fsp3) is 0.0476. The smallest absolute Gasteiger partial charge is 0.235 e. The van der Waals surface area contributed by atoms with Crippen LogP contribution in [0.4, 0.5) is 11.4 Å². The largest absolute Gasteiger partial charge is 0.454 e. The van der Waals surface area contributed by atoms with Gasteiger partial charge in [-0.25, -0.2) is 9.97 Å². The molecule has 0 amide bonds. The molecule has 5 nitrogen and oxygen atoms in total. The van der Waals surface area contributed by atoms with E-state index in [4.69, 9.17) is 14.4 Å². The standard InChI is InChI=1S/C63H40N4O/c1-63-35-34-42(37-54(63)66(43-20-6-3-7-21-43)52-32-29-38-16-8-10-22-44(38)57(52)63)41-30-33-53-50(36-41)56-47-25-13-12-24-46(47)55-48-26-14-15-27-51(48)67(60(55)61(56)68-53)62-64-58(40-18-4-2-5-19-40)49-31-28-39-17-9-11-23-45(39)59(49)65-62/h2-34,36-37H,35H2,1H3. The summed E-state index contributed by atoms with van der Waals surface area (Å²) in [6.07, 6.45) is 5.76. The van der Waals surface area contributed by atoms with Gasteiger partial charge in [0.25, 0.3) is 0 Å². The minimum Gasteiger partial charge on any atom is -0.454 e. The fourth-order valence-electron chi connectivity index (χ4n) is 11.9. The Morgan fingerprint density at radius 1 is 0.529 bits per heavy atom. The summed E-state index contributed by atoms with van der Waals surface area (Å²) in [7, 11) is 0. The maximum Gasteiger partial charge on any atom is 0.235 e. The van der Waals surface area contributed by atoms with Gasteiger partial charge in [-0.05, 0) is 106 Å². The fourth-order valence-corrected chi connectivity index (χ4v) is 11.9. The maximum absolute atomic E-state index is 7.20. The number of aromatic nitrogens is 3. The molecule has 1 atom stereocenters. The lowest BCUT2D eigenvalue weighted by atomic mass is 9.73. The van der Waals surface area contributed by atoms with Gasteiger partial charge in [0.2, 0.25) is 5.95 Å². The van der Waals surface area contributed by atoms with Crippen molar-refractivity contribution in [2.75, 3.05) is 4.90 Å². The Balaban J connectivity index is 0.987. The van der Waals surface area contributed by atoms with E-state index in [0.29, 0.717) is 5.95 Å². The van der Waals surface area contributed by atoms with Crippen molar-refractivity contribution in [2.24, 2.45) is 0 Å². The van der Waals surface area contributed by atoms with E-state index in [-0.39, 0.29) is 5.41 Å². The first-order valence-electron chi connectivity index (χ1n) is 23.5. The summed E-state index contributed by atoms with van der Waals surface area (Å²) < 4.78 is 9.46. The second kappa shape index (κ2) is 13.9. The number of furan rings is 1. The van der Waals surface area contributed by atoms with Gasteiger partial charge in [0.05, 0.1) is 22.4 Å². The molecule has 0 fully saturated rings. The topological polar surface area (TPSA) is 47.1 Å². The monoisotopic (exact) mass is 868 g/mol. The molecule has 10 aromatic carbocycles. The third-order valence-corrected chi connectivity index (χ3v) is 14.9. The normalized spacial score (nSPS) is 15.9. The Hall–Kier alpha value is -8.80. The minimum absolute atomic E-state index is 0.214. The van der Waals surface area contributed by atoms with Crippen LogP contribution in [-0.2, 0) is 5.41 Å². The predicted octanol–water partition coefficient (Wildman–Crippen LogP) is 16.5. The second-order valence-electron chi connectivity index (χ2n) is 18.6. The van der Waals surface area contributed by atoms with Gasteiger partial charge in [-0.15, -0.1) is 0 Å². The average molecular weight is 869 g/mol. The highest BCUT2D eigenvalue weighted by atomic mass is 16.3. The van der Waals surface area contributed by atoms with E-state index < -0.39 is 0 Å². The number of para-hydroxylation sites is 2. The van der Waals surface area contributed by atoms with Gasteiger partial charge >= 0.3 is 0 Å². The summed E-state index contributed by atoms with van der Waals surface area (Å²) in [4.78, 5) is 13.5. The molecule has 1 aliphatic heterocycles. The minimum atomic E-state index is -0.214. The number of hydrogen-bond donors (Lipinski definition) is 0. The zero-order valence-electron chi connectivity index (χ0n) is 37.1. The van der Waals surface area contributed by atoms with E-state index in [2.05, 4.69) is 229 Å². The maximum atomic E-state index is 7.20. The Labute approximate surface area is 391 Å². The van der Waals surface area contributed by atoms with Gasteiger partial charge < -0.3 is 9.32 Å². The number of hydrogen-bond acceptors (Lipinski definition) is 4. The van der Waals surface area contributed by atoms with Gasteiger partial charge in [-0.1, -0.05) is 164 Å². The molecule has 0 N–H and O–H groups in total. The number of nitrogens with zero attached hydrogens (tertiary/aromatic N) is 4. The highest BCUT2D eigenvalue weighted by Crippen LogP contribution is 2.58. The van der Waals surface area contributed by atoms with Crippen LogP contribution in [0.1, 0.15) is 24.5 Å². The second-order valence-corrected chi connectivity index (χ2v) is 18.6. The van der Waals surface area contributed by atoms with Crippen LogP contribution in [0.3, 0.4) is 0 Å². The van der Waals surface area contributed by atoms with E-state index in [1.807, 2.05) is 0 Å². The van der Waals surface area contributed by atoms with Crippen molar-refractivity contribution in [3.8, 4) is 17.2 Å². The molecule has 5 heteroatoms. The molecule has 1 unspecified atom stereocenters. The van der Waals surface area contributed by atoms with Crippen molar-refractivity contribution in [2.45, 2.75) is 18.8 Å². The Morgan fingerprint density at radius 3 is 2.00 bits per heavy atom. The Morgan fingerprint density at radius 2 is 1.19 bits per heavy atom. The Bertz CT molecular complexity index is 4370. The van der Waals surface area contributed by atoms with Crippen molar-refractivity contribution in [1.82, 2.24) is 14.5 Å². The molecule has 2 aliphatic rings. The van der Waals surface area contributed by atoms with Crippen LogP contribution in [0.25, 0.3) is 110 Å². The third kappa shape index (κ3) is 5.10. The zero-order chi connectivity index (χ0) is 44.7. The summed E-state index contributed by atoms with van der Waals surface area (Å²) in [6, 6.07) is 71.8. The Kier molecular flexibility index (Phi) is 7.63. The van der Waals surface area contributed by atoms with Crippen molar-refractivity contribution >= 4 is 104 Å². The molecule has 318 valence electrons. The number of rotatable bonds is 4. The average Bonchev–Trinajstić information content (AvgIpc) is 4.05. The van der Waals surface area contributed by atoms with Gasteiger partial charge in [-0.3, -0.25) is 4.57 Å².